The minimum atomic E-state index is -0.185. The van der Waals surface area contributed by atoms with E-state index in [1.807, 2.05) is 13.8 Å². The van der Waals surface area contributed by atoms with Crippen LogP contribution in [-0.4, -0.2) is 18.8 Å². The summed E-state index contributed by atoms with van der Waals surface area (Å²) in [6.07, 6.45) is 0.934. The van der Waals surface area contributed by atoms with Gasteiger partial charge in [0.2, 0.25) is 0 Å². The van der Waals surface area contributed by atoms with Crippen LogP contribution in [-0.2, 0) is 4.74 Å². The summed E-state index contributed by atoms with van der Waals surface area (Å²) in [6, 6.07) is 0. The van der Waals surface area contributed by atoms with Gasteiger partial charge >= 0.3 is 0 Å². The molecule has 0 aromatic rings. The molecule has 0 spiro atoms. The van der Waals surface area contributed by atoms with Gasteiger partial charge in [0, 0.05) is 5.54 Å². The molecular formula is C9H19NO. The Morgan fingerprint density at radius 1 is 1.64 bits per heavy atom. The fourth-order valence-corrected chi connectivity index (χ4v) is 0.560. The summed E-state index contributed by atoms with van der Waals surface area (Å²) in [4.78, 5) is 0. The second-order valence-electron chi connectivity index (χ2n) is 3.46. The van der Waals surface area contributed by atoms with Crippen molar-refractivity contribution < 1.29 is 4.74 Å². The third-order valence-corrected chi connectivity index (χ3v) is 1.59. The van der Waals surface area contributed by atoms with Crippen LogP contribution in [0, 0.1) is 0 Å². The van der Waals surface area contributed by atoms with Crippen LogP contribution in [0.3, 0.4) is 0 Å². The maximum Gasteiger partial charge on any atom is 0.0672 e. The number of ether oxygens (including phenoxy) is 1. The quantitative estimate of drug-likeness (QED) is 0.616. The lowest BCUT2D eigenvalue weighted by Gasteiger charge is -2.22. The van der Waals surface area contributed by atoms with E-state index in [1.54, 1.807) is 0 Å². The van der Waals surface area contributed by atoms with Gasteiger partial charge in [0.1, 0.15) is 0 Å². The highest BCUT2D eigenvalue weighted by Gasteiger charge is 2.14. The summed E-state index contributed by atoms with van der Waals surface area (Å²) in [5, 5.41) is 0. The first-order valence-corrected chi connectivity index (χ1v) is 3.99. The summed E-state index contributed by atoms with van der Waals surface area (Å²) in [5.41, 5.74) is 6.70. The maximum atomic E-state index is 5.85. The van der Waals surface area contributed by atoms with Gasteiger partial charge in [-0.25, -0.2) is 0 Å². The molecule has 2 heteroatoms. The standard InChI is InChI=1S/C9H19NO/c1-5-9(4,10)7-11-6-8(2)3/h2,5-7,10H2,1,3-4H3. The van der Waals surface area contributed by atoms with Crippen molar-refractivity contribution in [3.05, 3.63) is 12.2 Å². The molecule has 0 fully saturated rings. The van der Waals surface area contributed by atoms with Crippen LogP contribution in [0.5, 0.6) is 0 Å². The minimum absolute atomic E-state index is 0.185. The zero-order chi connectivity index (χ0) is 8.91. The number of hydrogen-bond donors (Lipinski definition) is 1. The van der Waals surface area contributed by atoms with Gasteiger partial charge in [0.05, 0.1) is 13.2 Å². The Morgan fingerprint density at radius 3 is 2.55 bits per heavy atom. The maximum absolute atomic E-state index is 5.85. The molecule has 0 aliphatic heterocycles. The second-order valence-corrected chi connectivity index (χ2v) is 3.46. The molecule has 11 heavy (non-hydrogen) atoms. The van der Waals surface area contributed by atoms with E-state index in [1.165, 1.54) is 0 Å². The van der Waals surface area contributed by atoms with Crippen molar-refractivity contribution in [1.29, 1.82) is 0 Å². The van der Waals surface area contributed by atoms with Gasteiger partial charge in [-0.2, -0.15) is 0 Å². The Labute approximate surface area is 69.4 Å². The van der Waals surface area contributed by atoms with Crippen LogP contribution in [0.1, 0.15) is 27.2 Å². The first-order chi connectivity index (χ1) is 4.98. The van der Waals surface area contributed by atoms with Gasteiger partial charge in [-0.3, -0.25) is 0 Å². The molecule has 2 N–H and O–H groups in total. The normalized spacial score (nSPS) is 16.0. The highest BCUT2D eigenvalue weighted by molar-refractivity contribution is 4.88. The predicted molar refractivity (Wildman–Crippen MR) is 48.5 cm³/mol. The Hall–Kier alpha value is -0.340. The lowest BCUT2D eigenvalue weighted by atomic mass is 10.0. The van der Waals surface area contributed by atoms with Crippen LogP contribution in [0.15, 0.2) is 12.2 Å². The van der Waals surface area contributed by atoms with E-state index in [0.29, 0.717) is 13.2 Å². The van der Waals surface area contributed by atoms with E-state index >= 15 is 0 Å². The van der Waals surface area contributed by atoms with Crippen molar-refractivity contribution in [3.8, 4) is 0 Å². The summed E-state index contributed by atoms with van der Waals surface area (Å²) in [5.74, 6) is 0. The molecule has 0 saturated carbocycles. The lowest BCUT2D eigenvalue weighted by Crippen LogP contribution is -2.40. The van der Waals surface area contributed by atoms with Crippen molar-refractivity contribution in [2.75, 3.05) is 13.2 Å². The Kier molecular flexibility index (Phi) is 4.38. The molecule has 0 aromatic heterocycles. The van der Waals surface area contributed by atoms with Crippen molar-refractivity contribution in [2.45, 2.75) is 32.7 Å². The Bertz CT molecular complexity index is 130. The molecule has 2 nitrogen and oxygen atoms in total. The molecule has 0 aliphatic rings. The molecule has 0 radical (unpaired) electrons. The Morgan fingerprint density at radius 2 is 2.18 bits per heavy atom. The zero-order valence-corrected chi connectivity index (χ0v) is 7.81. The highest BCUT2D eigenvalue weighted by Crippen LogP contribution is 2.05. The van der Waals surface area contributed by atoms with E-state index < -0.39 is 0 Å². The molecule has 0 saturated heterocycles. The van der Waals surface area contributed by atoms with Crippen molar-refractivity contribution in [2.24, 2.45) is 5.73 Å². The Balaban J connectivity index is 3.45. The van der Waals surface area contributed by atoms with Gasteiger partial charge in [-0.05, 0) is 20.3 Å². The molecule has 0 heterocycles. The van der Waals surface area contributed by atoms with Crippen molar-refractivity contribution >= 4 is 0 Å². The van der Waals surface area contributed by atoms with Gasteiger partial charge in [0.15, 0.2) is 0 Å². The van der Waals surface area contributed by atoms with Gasteiger partial charge in [-0.1, -0.05) is 19.1 Å². The summed E-state index contributed by atoms with van der Waals surface area (Å²) < 4.78 is 5.33. The van der Waals surface area contributed by atoms with E-state index in [9.17, 15) is 0 Å². The third kappa shape index (κ3) is 6.07. The largest absolute Gasteiger partial charge is 0.375 e. The zero-order valence-electron chi connectivity index (χ0n) is 7.81. The molecule has 1 atom stereocenters. The van der Waals surface area contributed by atoms with Crippen LogP contribution >= 0.6 is 0 Å². The first-order valence-electron chi connectivity index (χ1n) is 3.99. The summed E-state index contributed by atoms with van der Waals surface area (Å²) in [7, 11) is 0. The fourth-order valence-electron chi connectivity index (χ4n) is 0.560. The monoisotopic (exact) mass is 157 g/mol. The molecule has 0 aliphatic carbocycles. The number of rotatable bonds is 5. The number of nitrogens with two attached hydrogens (primary N) is 1. The van der Waals surface area contributed by atoms with Crippen molar-refractivity contribution in [3.63, 3.8) is 0 Å². The second kappa shape index (κ2) is 4.52. The van der Waals surface area contributed by atoms with Crippen molar-refractivity contribution in [1.82, 2.24) is 0 Å². The minimum Gasteiger partial charge on any atom is -0.375 e. The van der Waals surface area contributed by atoms with E-state index in [0.717, 1.165) is 12.0 Å². The van der Waals surface area contributed by atoms with Crippen LogP contribution in [0.25, 0.3) is 0 Å². The molecule has 66 valence electrons. The molecular weight excluding hydrogens is 138 g/mol. The topological polar surface area (TPSA) is 35.2 Å². The van der Waals surface area contributed by atoms with Crippen LogP contribution in [0.2, 0.25) is 0 Å². The third-order valence-electron chi connectivity index (χ3n) is 1.59. The van der Waals surface area contributed by atoms with Crippen LogP contribution in [0.4, 0.5) is 0 Å². The number of hydrogen-bond acceptors (Lipinski definition) is 2. The first kappa shape index (κ1) is 10.7. The molecule has 0 bridgehead atoms. The average Bonchev–Trinajstić information content (AvgIpc) is 1.87. The average molecular weight is 157 g/mol. The summed E-state index contributed by atoms with van der Waals surface area (Å²) in [6.45, 7) is 11.0. The van der Waals surface area contributed by atoms with Crippen LogP contribution < -0.4 is 5.73 Å². The fraction of sp³-hybridized carbons (Fsp3) is 0.778. The smallest absolute Gasteiger partial charge is 0.0672 e. The SMILES string of the molecule is C=C(C)COCC(C)(N)CC. The molecule has 0 rings (SSSR count). The van der Waals surface area contributed by atoms with Gasteiger partial charge < -0.3 is 10.5 Å². The predicted octanol–water partition coefficient (Wildman–Crippen LogP) is 1.71. The van der Waals surface area contributed by atoms with Gasteiger partial charge in [-0.15, -0.1) is 0 Å². The summed E-state index contributed by atoms with van der Waals surface area (Å²) >= 11 is 0. The van der Waals surface area contributed by atoms with Gasteiger partial charge in [0.25, 0.3) is 0 Å². The lowest BCUT2D eigenvalue weighted by molar-refractivity contribution is 0.107. The van der Waals surface area contributed by atoms with E-state index in [4.69, 9.17) is 10.5 Å². The molecule has 0 amide bonds. The van der Waals surface area contributed by atoms with E-state index in [-0.39, 0.29) is 5.54 Å². The highest BCUT2D eigenvalue weighted by atomic mass is 16.5. The molecule has 0 aromatic carbocycles. The molecule has 1 unspecified atom stereocenters. The van der Waals surface area contributed by atoms with E-state index in [2.05, 4.69) is 13.5 Å².